The zero-order valence-electron chi connectivity index (χ0n) is 15.0. The first-order valence-corrected chi connectivity index (χ1v) is 8.59. The van der Waals surface area contributed by atoms with Crippen molar-refractivity contribution in [3.05, 3.63) is 29.8 Å². The van der Waals surface area contributed by atoms with Crippen LogP contribution in [0.2, 0.25) is 0 Å². The van der Waals surface area contributed by atoms with Crippen LogP contribution in [-0.2, 0) is 11.3 Å². The molecule has 24 heavy (non-hydrogen) atoms. The number of nitrogens with zero attached hydrogens (tertiary/aromatic N) is 2. The fraction of sp³-hybridized carbons (Fsp3) is 0.611. The molecular weight excluding hydrogens is 304 g/mol. The number of hydrogen-bond donors (Lipinski definition) is 2. The highest BCUT2D eigenvalue weighted by Crippen LogP contribution is 2.16. The van der Waals surface area contributed by atoms with Gasteiger partial charge in [-0.15, -0.1) is 0 Å². The third-order valence-electron chi connectivity index (χ3n) is 4.15. The van der Waals surface area contributed by atoms with Crippen molar-refractivity contribution in [1.82, 2.24) is 15.5 Å². The number of morpholine rings is 1. The van der Waals surface area contributed by atoms with E-state index in [1.807, 2.05) is 18.2 Å². The number of hydrogen-bond acceptors (Lipinski definition) is 4. The molecule has 2 rings (SSSR count). The molecule has 6 heteroatoms. The first kappa shape index (κ1) is 18.5. The van der Waals surface area contributed by atoms with Crippen LogP contribution < -0.4 is 15.4 Å². The maximum Gasteiger partial charge on any atom is 0.191 e. The summed E-state index contributed by atoms with van der Waals surface area (Å²) in [5, 5.41) is 6.75. The van der Waals surface area contributed by atoms with Gasteiger partial charge in [-0.1, -0.05) is 25.1 Å². The second-order valence-electron chi connectivity index (χ2n) is 6.14. The molecule has 1 saturated heterocycles. The minimum Gasteiger partial charge on any atom is -0.496 e. The smallest absolute Gasteiger partial charge is 0.191 e. The van der Waals surface area contributed by atoms with Crippen molar-refractivity contribution in [2.75, 3.05) is 53.6 Å². The summed E-state index contributed by atoms with van der Waals surface area (Å²) in [7, 11) is 3.49. The molecule has 0 spiro atoms. The molecule has 1 aliphatic rings. The monoisotopic (exact) mass is 334 g/mol. The van der Waals surface area contributed by atoms with E-state index in [2.05, 4.69) is 33.5 Å². The van der Waals surface area contributed by atoms with Crippen molar-refractivity contribution >= 4 is 5.96 Å². The SMILES string of the molecule is CN=C(NCc1ccccc1OC)NCC(C)CN1CCOCC1. The van der Waals surface area contributed by atoms with E-state index < -0.39 is 0 Å². The number of rotatable bonds is 7. The van der Waals surface area contributed by atoms with Crippen LogP contribution in [0.15, 0.2) is 29.3 Å². The molecule has 0 aromatic heterocycles. The molecule has 1 fully saturated rings. The van der Waals surface area contributed by atoms with E-state index in [-0.39, 0.29) is 0 Å². The summed E-state index contributed by atoms with van der Waals surface area (Å²) in [6, 6.07) is 8.01. The topological polar surface area (TPSA) is 58.1 Å². The number of benzene rings is 1. The van der Waals surface area contributed by atoms with Crippen LogP contribution >= 0.6 is 0 Å². The van der Waals surface area contributed by atoms with Gasteiger partial charge in [0.2, 0.25) is 0 Å². The van der Waals surface area contributed by atoms with Gasteiger partial charge in [0.15, 0.2) is 5.96 Å². The van der Waals surface area contributed by atoms with Gasteiger partial charge in [-0.05, 0) is 12.0 Å². The van der Waals surface area contributed by atoms with Crippen molar-refractivity contribution in [3.8, 4) is 5.75 Å². The summed E-state index contributed by atoms with van der Waals surface area (Å²) < 4.78 is 10.8. The first-order valence-electron chi connectivity index (χ1n) is 8.59. The molecule has 1 heterocycles. The number of guanidine groups is 1. The van der Waals surface area contributed by atoms with Crippen LogP contribution in [0, 0.1) is 5.92 Å². The Morgan fingerprint density at radius 3 is 2.75 bits per heavy atom. The molecule has 1 aromatic rings. The van der Waals surface area contributed by atoms with E-state index in [1.54, 1.807) is 14.2 Å². The Morgan fingerprint density at radius 2 is 2.04 bits per heavy atom. The maximum absolute atomic E-state index is 5.39. The molecule has 1 atom stereocenters. The van der Waals surface area contributed by atoms with Crippen molar-refractivity contribution in [2.45, 2.75) is 13.5 Å². The van der Waals surface area contributed by atoms with E-state index in [0.717, 1.165) is 56.7 Å². The molecule has 134 valence electrons. The van der Waals surface area contributed by atoms with E-state index in [0.29, 0.717) is 12.5 Å². The fourth-order valence-corrected chi connectivity index (χ4v) is 2.81. The van der Waals surface area contributed by atoms with Crippen LogP contribution in [0.1, 0.15) is 12.5 Å². The van der Waals surface area contributed by atoms with Gasteiger partial charge in [0.1, 0.15) is 5.75 Å². The Bertz CT molecular complexity index is 515. The van der Waals surface area contributed by atoms with Gasteiger partial charge in [0.05, 0.1) is 20.3 Å². The number of ether oxygens (including phenoxy) is 2. The van der Waals surface area contributed by atoms with Crippen molar-refractivity contribution in [1.29, 1.82) is 0 Å². The fourth-order valence-electron chi connectivity index (χ4n) is 2.81. The van der Waals surface area contributed by atoms with Gasteiger partial charge < -0.3 is 20.1 Å². The average molecular weight is 334 g/mol. The van der Waals surface area contributed by atoms with E-state index in [1.165, 1.54) is 0 Å². The molecule has 6 nitrogen and oxygen atoms in total. The normalized spacial score (nSPS) is 17.4. The molecule has 0 radical (unpaired) electrons. The standard InChI is InChI=1S/C18H30N4O2/c1-15(14-22-8-10-24-11-9-22)12-20-18(19-2)21-13-16-6-4-5-7-17(16)23-3/h4-7,15H,8-14H2,1-3H3,(H2,19,20,21). The Morgan fingerprint density at radius 1 is 1.29 bits per heavy atom. The highest BCUT2D eigenvalue weighted by molar-refractivity contribution is 5.79. The third kappa shape index (κ3) is 6.02. The van der Waals surface area contributed by atoms with Gasteiger partial charge in [-0.2, -0.15) is 0 Å². The predicted octanol–water partition coefficient (Wildman–Crippen LogP) is 1.33. The van der Waals surface area contributed by atoms with E-state index >= 15 is 0 Å². The lowest BCUT2D eigenvalue weighted by Gasteiger charge is -2.29. The largest absolute Gasteiger partial charge is 0.496 e. The molecule has 1 aromatic carbocycles. The molecule has 0 bridgehead atoms. The Kier molecular flexibility index (Phi) is 7.85. The summed E-state index contributed by atoms with van der Waals surface area (Å²) in [6.07, 6.45) is 0. The van der Waals surface area contributed by atoms with Crippen LogP contribution in [0.25, 0.3) is 0 Å². The summed E-state index contributed by atoms with van der Waals surface area (Å²) in [6.45, 7) is 8.68. The molecule has 1 aliphatic heterocycles. The summed E-state index contributed by atoms with van der Waals surface area (Å²) >= 11 is 0. The highest BCUT2D eigenvalue weighted by atomic mass is 16.5. The minimum absolute atomic E-state index is 0.549. The van der Waals surface area contributed by atoms with Crippen molar-refractivity contribution in [2.24, 2.45) is 10.9 Å². The van der Waals surface area contributed by atoms with Gasteiger partial charge in [0.25, 0.3) is 0 Å². The molecule has 1 unspecified atom stereocenters. The van der Waals surface area contributed by atoms with Gasteiger partial charge in [0, 0.05) is 45.3 Å². The van der Waals surface area contributed by atoms with Crippen LogP contribution in [0.4, 0.5) is 0 Å². The second kappa shape index (κ2) is 10.2. The Labute approximate surface area is 145 Å². The summed E-state index contributed by atoms with van der Waals surface area (Å²) in [4.78, 5) is 6.76. The van der Waals surface area contributed by atoms with Gasteiger partial charge in [-0.25, -0.2) is 0 Å². The quantitative estimate of drug-likeness (QED) is 0.582. The molecule has 0 amide bonds. The number of methoxy groups -OCH3 is 1. The zero-order chi connectivity index (χ0) is 17.2. The van der Waals surface area contributed by atoms with Crippen molar-refractivity contribution < 1.29 is 9.47 Å². The third-order valence-corrected chi connectivity index (χ3v) is 4.15. The van der Waals surface area contributed by atoms with Crippen LogP contribution in [-0.4, -0.2) is 64.4 Å². The molecule has 0 saturated carbocycles. The number of nitrogens with one attached hydrogen (secondary N) is 2. The molecule has 2 N–H and O–H groups in total. The number of aliphatic imine (C=N–C) groups is 1. The minimum atomic E-state index is 0.549. The lowest BCUT2D eigenvalue weighted by Crippen LogP contribution is -2.43. The molecular formula is C18H30N4O2. The van der Waals surface area contributed by atoms with Crippen molar-refractivity contribution in [3.63, 3.8) is 0 Å². The molecule has 0 aliphatic carbocycles. The average Bonchev–Trinajstić information content (AvgIpc) is 2.63. The zero-order valence-corrected chi connectivity index (χ0v) is 15.0. The maximum atomic E-state index is 5.39. The first-order chi connectivity index (χ1) is 11.7. The summed E-state index contributed by atoms with van der Waals surface area (Å²) in [5.74, 6) is 2.25. The lowest BCUT2D eigenvalue weighted by atomic mass is 10.1. The lowest BCUT2D eigenvalue weighted by molar-refractivity contribution is 0.0320. The van der Waals surface area contributed by atoms with Gasteiger partial charge in [-0.3, -0.25) is 9.89 Å². The number of para-hydroxylation sites is 1. The van der Waals surface area contributed by atoms with Gasteiger partial charge >= 0.3 is 0 Å². The predicted molar refractivity (Wildman–Crippen MR) is 97.6 cm³/mol. The Hall–Kier alpha value is -1.79. The van der Waals surface area contributed by atoms with E-state index in [9.17, 15) is 0 Å². The highest BCUT2D eigenvalue weighted by Gasteiger charge is 2.14. The second-order valence-corrected chi connectivity index (χ2v) is 6.14. The van der Waals surface area contributed by atoms with Crippen LogP contribution in [0.5, 0.6) is 5.75 Å². The van der Waals surface area contributed by atoms with E-state index in [4.69, 9.17) is 9.47 Å². The summed E-state index contributed by atoms with van der Waals surface area (Å²) in [5.41, 5.74) is 1.12. The van der Waals surface area contributed by atoms with Crippen LogP contribution in [0.3, 0.4) is 0 Å². The Balaban J connectivity index is 1.73.